The number of hydrogen-bond donors (Lipinski definition) is 2. The molecule has 0 spiro atoms. The van der Waals surface area contributed by atoms with Crippen LogP contribution in [0.3, 0.4) is 0 Å². The summed E-state index contributed by atoms with van der Waals surface area (Å²) in [5, 5.41) is 18.9. The summed E-state index contributed by atoms with van der Waals surface area (Å²) in [5.41, 5.74) is 1.37. The number of nitrogens with zero attached hydrogens (tertiary/aromatic N) is 1. The minimum absolute atomic E-state index is 0.514. The van der Waals surface area contributed by atoms with Gasteiger partial charge in [-0.1, -0.05) is 13.0 Å². The van der Waals surface area contributed by atoms with Crippen LogP contribution in [0.25, 0.3) is 0 Å². The van der Waals surface area contributed by atoms with Crippen molar-refractivity contribution in [2.45, 2.75) is 20.4 Å². The van der Waals surface area contributed by atoms with Gasteiger partial charge in [-0.3, -0.25) is 4.90 Å². The van der Waals surface area contributed by atoms with E-state index in [4.69, 9.17) is 9.47 Å². The summed E-state index contributed by atoms with van der Waals surface area (Å²) in [5.74, 6) is 0.713. The van der Waals surface area contributed by atoms with Crippen LogP contribution in [0, 0.1) is 0 Å². The minimum atomic E-state index is -1.47. The van der Waals surface area contributed by atoms with Crippen molar-refractivity contribution in [3.8, 4) is 5.75 Å². The van der Waals surface area contributed by atoms with Crippen LogP contribution < -0.4 is 10.2 Å². The zero-order chi connectivity index (χ0) is 15.0. The Hall–Kier alpha value is -1.08. The third-order valence-corrected chi connectivity index (χ3v) is 3.23. The quantitative estimate of drug-likeness (QED) is 0.501. The molecule has 0 radical (unpaired) electrons. The molecule has 0 fully saturated rings. The van der Waals surface area contributed by atoms with Gasteiger partial charge >= 0.3 is 7.12 Å². The van der Waals surface area contributed by atoms with Crippen molar-refractivity contribution in [3.63, 3.8) is 0 Å². The molecule has 0 atom stereocenters. The third-order valence-electron chi connectivity index (χ3n) is 3.23. The highest BCUT2D eigenvalue weighted by Gasteiger charge is 2.18. The van der Waals surface area contributed by atoms with Crippen molar-refractivity contribution in [2.24, 2.45) is 0 Å². The first kappa shape index (κ1) is 17.0. The van der Waals surface area contributed by atoms with Crippen LogP contribution in [0.4, 0.5) is 0 Å². The fourth-order valence-electron chi connectivity index (χ4n) is 2.03. The second kappa shape index (κ2) is 8.97. The molecule has 112 valence electrons. The second-order valence-corrected chi connectivity index (χ2v) is 4.50. The predicted octanol–water partition coefficient (Wildman–Crippen LogP) is 0.233. The van der Waals surface area contributed by atoms with Crippen LogP contribution in [-0.4, -0.2) is 55.5 Å². The van der Waals surface area contributed by atoms with Gasteiger partial charge in [0.15, 0.2) is 0 Å². The largest absolute Gasteiger partial charge is 0.497 e. The highest BCUT2D eigenvalue weighted by molar-refractivity contribution is 6.59. The minimum Gasteiger partial charge on any atom is -0.497 e. The van der Waals surface area contributed by atoms with E-state index in [0.29, 0.717) is 31.0 Å². The molecule has 0 saturated carbocycles. The summed E-state index contributed by atoms with van der Waals surface area (Å²) in [7, 11) is 0.127. The zero-order valence-corrected chi connectivity index (χ0v) is 12.5. The highest BCUT2D eigenvalue weighted by Crippen LogP contribution is 2.13. The fraction of sp³-hybridized carbons (Fsp3) is 0.571. The molecule has 0 saturated heterocycles. The van der Waals surface area contributed by atoms with Crippen LogP contribution in [0.5, 0.6) is 5.75 Å². The maximum Gasteiger partial charge on any atom is 0.488 e. The van der Waals surface area contributed by atoms with Gasteiger partial charge in [-0.25, -0.2) is 0 Å². The maximum absolute atomic E-state index is 9.44. The first-order valence-corrected chi connectivity index (χ1v) is 6.95. The summed E-state index contributed by atoms with van der Waals surface area (Å²) in [6, 6.07) is 5.27. The van der Waals surface area contributed by atoms with Gasteiger partial charge in [0.25, 0.3) is 0 Å². The number of benzene rings is 1. The molecule has 0 heterocycles. The predicted molar refractivity (Wildman–Crippen MR) is 80.3 cm³/mol. The second-order valence-electron chi connectivity index (χ2n) is 4.50. The molecule has 1 rings (SSSR count). The van der Waals surface area contributed by atoms with E-state index in [1.54, 1.807) is 19.2 Å². The molecule has 20 heavy (non-hydrogen) atoms. The Balaban J connectivity index is 2.81. The zero-order valence-electron chi connectivity index (χ0n) is 12.5. The Morgan fingerprint density at radius 1 is 1.25 bits per heavy atom. The topological polar surface area (TPSA) is 62.2 Å². The van der Waals surface area contributed by atoms with Gasteiger partial charge in [0.1, 0.15) is 5.75 Å². The van der Waals surface area contributed by atoms with E-state index in [9.17, 15) is 10.0 Å². The van der Waals surface area contributed by atoms with Crippen LogP contribution >= 0.6 is 0 Å². The van der Waals surface area contributed by atoms with E-state index >= 15 is 0 Å². The molecule has 0 unspecified atom stereocenters. The molecule has 2 N–H and O–H groups in total. The number of rotatable bonds is 9. The summed E-state index contributed by atoms with van der Waals surface area (Å²) in [6.45, 7) is 7.73. The molecule has 0 aliphatic carbocycles. The van der Waals surface area contributed by atoms with Crippen molar-refractivity contribution in [2.75, 3.05) is 33.4 Å². The Kier molecular flexibility index (Phi) is 7.61. The monoisotopic (exact) mass is 281 g/mol. The Morgan fingerprint density at radius 2 is 2.00 bits per heavy atom. The number of methoxy groups -OCH3 is 1. The van der Waals surface area contributed by atoms with Crippen molar-refractivity contribution in [3.05, 3.63) is 23.8 Å². The maximum atomic E-state index is 9.44. The van der Waals surface area contributed by atoms with Gasteiger partial charge < -0.3 is 19.5 Å². The highest BCUT2D eigenvalue weighted by atomic mass is 16.5. The molecule has 5 nitrogen and oxygen atoms in total. The molecule has 0 bridgehead atoms. The third kappa shape index (κ3) is 5.13. The summed E-state index contributed by atoms with van der Waals surface area (Å²) in [4.78, 5) is 2.19. The van der Waals surface area contributed by atoms with E-state index in [1.807, 2.05) is 13.0 Å². The van der Waals surface area contributed by atoms with Gasteiger partial charge in [0.2, 0.25) is 0 Å². The number of ether oxygens (including phenoxy) is 2. The van der Waals surface area contributed by atoms with Crippen LogP contribution in [-0.2, 0) is 11.3 Å². The molecule has 0 aliphatic rings. The van der Waals surface area contributed by atoms with E-state index < -0.39 is 7.12 Å². The Morgan fingerprint density at radius 3 is 2.55 bits per heavy atom. The standard InChI is InChI=1S/C14H24BNO4/c1-4-16(8-9-20-5-2)11-12-10-13(19-3)6-7-14(12)15(17)18/h6-7,10,17-18H,4-5,8-9,11H2,1-3H3. The van der Waals surface area contributed by atoms with E-state index in [2.05, 4.69) is 11.8 Å². The lowest BCUT2D eigenvalue weighted by Crippen LogP contribution is -2.36. The van der Waals surface area contributed by atoms with E-state index in [1.165, 1.54) is 0 Å². The van der Waals surface area contributed by atoms with Crippen molar-refractivity contribution >= 4 is 12.6 Å². The Labute approximate surface area is 121 Å². The molecular formula is C14H24BNO4. The summed E-state index contributed by atoms with van der Waals surface area (Å²) < 4.78 is 10.6. The molecule has 0 aromatic heterocycles. The lowest BCUT2D eigenvalue weighted by Gasteiger charge is -2.22. The van der Waals surface area contributed by atoms with Gasteiger partial charge in [-0.2, -0.15) is 0 Å². The fourth-order valence-corrected chi connectivity index (χ4v) is 2.03. The molecule has 6 heteroatoms. The molecule has 1 aromatic carbocycles. The van der Waals surface area contributed by atoms with Gasteiger partial charge in [-0.15, -0.1) is 0 Å². The average Bonchev–Trinajstić information content (AvgIpc) is 2.45. The molecule has 1 aromatic rings. The summed E-state index contributed by atoms with van der Waals surface area (Å²) in [6.07, 6.45) is 0. The van der Waals surface area contributed by atoms with E-state index in [-0.39, 0.29) is 0 Å². The van der Waals surface area contributed by atoms with Gasteiger partial charge in [-0.05, 0) is 36.6 Å². The first-order chi connectivity index (χ1) is 9.62. The number of likely N-dealkylation sites (N-methyl/N-ethyl adjacent to an activating group) is 1. The van der Waals surface area contributed by atoms with Crippen molar-refractivity contribution in [1.29, 1.82) is 0 Å². The summed E-state index contributed by atoms with van der Waals surface area (Å²) >= 11 is 0. The lowest BCUT2D eigenvalue weighted by molar-refractivity contribution is 0.113. The van der Waals surface area contributed by atoms with E-state index in [0.717, 1.165) is 18.7 Å². The molecule has 0 amide bonds. The van der Waals surface area contributed by atoms with Crippen LogP contribution in [0.1, 0.15) is 19.4 Å². The first-order valence-electron chi connectivity index (χ1n) is 6.95. The van der Waals surface area contributed by atoms with Gasteiger partial charge in [0.05, 0.1) is 13.7 Å². The number of hydrogen-bond acceptors (Lipinski definition) is 5. The van der Waals surface area contributed by atoms with Crippen LogP contribution in [0.15, 0.2) is 18.2 Å². The smallest absolute Gasteiger partial charge is 0.488 e. The average molecular weight is 281 g/mol. The Bertz CT molecular complexity index is 401. The lowest BCUT2D eigenvalue weighted by atomic mass is 9.77. The van der Waals surface area contributed by atoms with Crippen molar-refractivity contribution < 1.29 is 19.5 Å². The normalized spacial score (nSPS) is 10.9. The molecular weight excluding hydrogens is 257 g/mol. The SMILES string of the molecule is CCOCCN(CC)Cc1cc(OC)ccc1B(O)O. The van der Waals surface area contributed by atoms with Gasteiger partial charge in [0, 0.05) is 19.7 Å². The molecule has 0 aliphatic heterocycles. The van der Waals surface area contributed by atoms with Crippen molar-refractivity contribution in [1.82, 2.24) is 4.90 Å². The van der Waals surface area contributed by atoms with Crippen LogP contribution in [0.2, 0.25) is 0 Å².